The highest BCUT2D eigenvalue weighted by Gasteiger charge is 2.15. The minimum absolute atomic E-state index is 0.0138. The molecule has 0 aliphatic heterocycles. The fraction of sp³-hybridized carbons (Fsp3) is 0.455. The molecule has 0 aliphatic carbocycles. The lowest BCUT2D eigenvalue weighted by Crippen LogP contribution is -2.28. The average molecular weight is 241 g/mol. The number of ether oxygens (including phenoxy) is 1. The van der Waals surface area contributed by atoms with Crippen molar-refractivity contribution in [2.24, 2.45) is 0 Å². The van der Waals surface area contributed by atoms with Crippen LogP contribution in [0.5, 0.6) is 0 Å². The van der Waals surface area contributed by atoms with Crippen molar-refractivity contribution in [2.45, 2.75) is 20.3 Å². The van der Waals surface area contributed by atoms with E-state index >= 15 is 0 Å². The van der Waals surface area contributed by atoms with Crippen LogP contribution in [-0.4, -0.2) is 25.5 Å². The van der Waals surface area contributed by atoms with E-state index in [0.29, 0.717) is 11.4 Å². The van der Waals surface area contributed by atoms with Crippen LogP contribution < -0.4 is 4.90 Å². The largest absolute Gasteiger partial charge is 0.465 e. The third-order valence-electron chi connectivity index (χ3n) is 2.07. The number of nitrogens with zero attached hydrogens (tertiary/aromatic N) is 1. The number of carbonyl (C=O) groups is 2. The molecule has 5 heteroatoms. The second-order valence-corrected chi connectivity index (χ2v) is 4.36. The van der Waals surface area contributed by atoms with Gasteiger partial charge < -0.3 is 9.64 Å². The summed E-state index contributed by atoms with van der Waals surface area (Å²) < 4.78 is 4.62. The van der Waals surface area contributed by atoms with Crippen molar-refractivity contribution >= 4 is 28.2 Å². The van der Waals surface area contributed by atoms with Crippen molar-refractivity contribution in [1.29, 1.82) is 0 Å². The standard InChI is InChI=1S/C11H15NO3S/c1-4-7-12(8(2)13)10-6-5-9(16-10)11(14)15-3/h5-6H,4,7H2,1-3H3. The predicted octanol–water partition coefficient (Wildman–Crippen LogP) is 2.30. The molecule has 0 fully saturated rings. The van der Waals surface area contributed by atoms with E-state index in [1.54, 1.807) is 17.0 Å². The molecule has 1 amide bonds. The van der Waals surface area contributed by atoms with Gasteiger partial charge in [0.05, 0.1) is 12.1 Å². The summed E-state index contributed by atoms with van der Waals surface area (Å²) in [4.78, 5) is 24.8. The lowest BCUT2D eigenvalue weighted by atomic mass is 10.4. The van der Waals surface area contributed by atoms with E-state index in [4.69, 9.17) is 0 Å². The SMILES string of the molecule is CCCN(C(C)=O)c1ccc(C(=O)OC)s1. The molecule has 0 spiro atoms. The Hall–Kier alpha value is -1.36. The fourth-order valence-electron chi connectivity index (χ4n) is 1.33. The van der Waals surface area contributed by atoms with Gasteiger partial charge in [-0.05, 0) is 18.6 Å². The van der Waals surface area contributed by atoms with Gasteiger partial charge in [0.25, 0.3) is 0 Å². The molecule has 1 aromatic heterocycles. The van der Waals surface area contributed by atoms with Gasteiger partial charge in [-0.25, -0.2) is 4.79 Å². The van der Waals surface area contributed by atoms with Gasteiger partial charge in [0.2, 0.25) is 5.91 Å². The van der Waals surface area contributed by atoms with Crippen LogP contribution in [-0.2, 0) is 9.53 Å². The van der Waals surface area contributed by atoms with Gasteiger partial charge in [-0.15, -0.1) is 11.3 Å². The number of methoxy groups -OCH3 is 1. The molecule has 0 atom stereocenters. The van der Waals surface area contributed by atoms with Crippen molar-refractivity contribution < 1.29 is 14.3 Å². The lowest BCUT2D eigenvalue weighted by Gasteiger charge is -2.17. The Kier molecular flexibility index (Phi) is 4.49. The third-order valence-corrected chi connectivity index (χ3v) is 3.16. The molecule has 0 aromatic carbocycles. The molecule has 1 rings (SSSR count). The van der Waals surface area contributed by atoms with Crippen LogP contribution in [0, 0.1) is 0 Å². The molecule has 88 valence electrons. The van der Waals surface area contributed by atoms with Gasteiger partial charge >= 0.3 is 5.97 Å². The number of rotatable bonds is 4. The number of amides is 1. The highest BCUT2D eigenvalue weighted by Crippen LogP contribution is 2.26. The maximum Gasteiger partial charge on any atom is 0.348 e. The Morgan fingerprint density at radius 2 is 2.12 bits per heavy atom. The molecule has 1 heterocycles. The summed E-state index contributed by atoms with van der Waals surface area (Å²) in [6.45, 7) is 4.19. The molecule has 0 saturated carbocycles. The minimum Gasteiger partial charge on any atom is -0.465 e. The van der Waals surface area contributed by atoms with E-state index < -0.39 is 0 Å². The van der Waals surface area contributed by atoms with E-state index in [1.165, 1.54) is 25.4 Å². The fourth-order valence-corrected chi connectivity index (χ4v) is 2.32. The van der Waals surface area contributed by atoms with E-state index in [9.17, 15) is 9.59 Å². The van der Waals surface area contributed by atoms with Gasteiger partial charge in [-0.1, -0.05) is 6.92 Å². The zero-order valence-corrected chi connectivity index (χ0v) is 10.5. The van der Waals surface area contributed by atoms with E-state index in [0.717, 1.165) is 11.4 Å². The Balaban J connectivity index is 2.89. The number of anilines is 1. The molecule has 0 bridgehead atoms. The van der Waals surface area contributed by atoms with Crippen molar-refractivity contribution in [3.05, 3.63) is 17.0 Å². The van der Waals surface area contributed by atoms with Crippen molar-refractivity contribution in [1.82, 2.24) is 0 Å². The normalized spacial score (nSPS) is 9.94. The van der Waals surface area contributed by atoms with Crippen LogP contribution in [0.4, 0.5) is 5.00 Å². The maximum atomic E-state index is 11.4. The van der Waals surface area contributed by atoms with Gasteiger partial charge in [0.1, 0.15) is 4.88 Å². The Morgan fingerprint density at radius 3 is 2.62 bits per heavy atom. The van der Waals surface area contributed by atoms with Crippen LogP contribution in [0.1, 0.15) is 29.9 Å². The number of hydrogen-bond acceptors (Lipinski definition) is 4. The van der Waals surface area contributed by atoms with Gasteiger partial charge in [-0.2, -0.15) is 0 Å². The molecule has 0 unspecified atom stereocenters. The van der Waals surface area contributed by atoms with Crippen LogP contribution in [0.25, 0.3) is 0 Å². The monoisotopic (exact) mass is 241 g/mol. The molecule has 0 N–H and O–H groups in total. The first kappa shape index (κ1) is 12.7. The van der Waals surface area contributed by atoms with E-state index in [1.807, 2.05) is 6.92 Å². The highest BCUT2D eigenvalue weighted by atomic mass is 32.1. The van der Waals surface area contributed by atoms with Crippen molar-refractivity contribution in [2.75, 3.05) is 18.6 Å². The molecule has 0 radical (unpaired) electrons. The quantitative estimate of drug-likeness (QED) is 0.760. The predicted molar refractivity (Wildman–Crippen MR) is 64.0 cm³/mol. The van der Waals surface area contributed by atoms with Gasteiger partial charge in [-0.3, -0.25) is 4.79 Å². The summed E-state index contributed by atoms with van der Waals surface area (Å²) in [6, 6.07) is 3.45. The van der Waals surface area contributed by atoms with Crippen LogP contribution in [0.15, 0.2) is 12.1 Å². The molecule has 16 heavy (non-hydrogen) atoms. The maximum absolute atomic E-state index is 11.4. The molecule has 4 nitrogen and oxygen atoms in total. The zero-order valence-electron chi connectivity index (χ0n) is 9.65. The van der Waals surface area contributed by atoms with Crippen LogP contribution in [0.3, 0.4) is 0 Å². The first-order chi connectivity index (χ1) is 7.60. The third kappa shape index (κ3) is 2.82. The summed E-state index contributed by atoms with van der Waals surface area (Å²) in [7, 11) is 1.34. The lowest BCUT2D eigenvalue weighted by molar-refractivity contribution is -0.116. The summed E-state index contributed by atoms with van der Waals surface area (Å²) >= 11 is 1.27. The average Bonchev–Trinajstić information content (AvgIpc) is 2.73. The molecular weight excluding hydrogens is 226 g/mol. The Labute approximate surface area is 98.8 Å². The summed E-state index contributed by atoms with van der Waals surface area (Å²) in [5.74, 6) is -0.378. The second kappa shape index (κ2) is 5.65. The van der Waals surface area contributed by atoms with Gasteiger partial charge in [0, 0.05) is 13.5 Å². The van der Waals surface area contributed by atoms with Crippen LogP contribution in [0.2, 0.25) is 0 Å². The first-order valence-corrected chi connectivity index (χ1v) is 5.88. The molecule has 1 aromatic rings. The molecular formula is C11H15NO3S. The topological polar surface area (TPSA) is 46.6 Å². The van der Waals surface area contributed by atoms with Crippen molar-refractivity contribution in [3.63, 3.8) is 0 Å². The number of carbonyl (C=O) groups excluding carboxylic acids is 2. The number of thiophene rings is 1. The highest BCUT2D eigenvalue weighted by molar-refractivity contribution is 7.18. The summed E-state index contributed by atoms with van der Waals surface area (Å²) in [5, 5.41) is 0.787. The number of esters is 1. The van der Waals surface area contributed by atoms with Gasteiger partial charge in [0.15, 0.2) is 0 Å². The Morgan fingerprint density at radius 1 is 1.44 bits per heavy atom. The summed E-state index contributed by atoms with van der Waals surface area (Å²) in [5.41, 5.74) is 0. The van der Waals surface area contributed by atoms with Crippen molar-refractivity contribution in [3.8, 4) is 0 Å². The molecule has 0 saturated heterocycles. The number of hydrogen-bond donors (Lipinski definition) is 0. The Bertz CT molecular complexity index is 386. The van der Waals surface area contributed by atoms with E-state index in [-0.39, 0.29) is 11.9 Å². The second-order valence-electron chi connectivity index (χ2n) is 3.30. The van der Waals surface area contributed by atoms with Crippen LogP contribution >= 0.6 is 11.3 Å². The molecule has 0 aliphatic rings. The minimum atomic E-state index is -0.365. The zero-order chi connectivity index (χ0) is 12.1. The summed E-state index contributed by atoms with van der Waals surface area (Å²) in [6.07, 6.45) is 0.880. The smallest absolute Gasteiger partial charge is 0.348 e. The first-order valence-electron chi connectivity index (χ1n) is 5.06. The van der Waals surface area contributed by atoms with E-state index in [2.05, 4.69) is 4.74 Å².